The maximum absolute atomic E-state index is 12.8. The van der Waals surface area contributed by atoms with Gasteiger partial charge >= 0.3 is 11.9 Å². The van der Waals surface area contributed by atoms with Crippen molar-refractivity contribution in [1.29, 1.82) is 0 Å². The van der Waals surface area contributed by atoms with Gasteiger partial charge in [0, 0.05) is 5.69 Å². The molecule has 0 aromatic heterocycles. The average Bonchev–Trinajstić information content (AvgIpc) is 2.62. The molecule has 2 rings (SSSR count). The minimum Gasteiger partial charge on any atom is -0.465 e. The topological polar surface area (TPSA) is 98.8 Å². The van der Waals surface area contributed by atoms with Gasteiger partial charge in [-0.25, -0.2) is 18.0 Å². The molecule has 0 unspecified atom stereocenters. The van der Waals surface area contributed by atoms with Crippen LogP contribution in [-0.4, -0.2) is 34.6 Å². The van der Waals surface area contributed by atoms with E-state index in [0.29, 0.717) is 5.69 Å². The monoisotopic (exact) mass is 377 g/mol. The minimum absolute atomic E-state index is 0.000569. The lowest BCUT2D eigenvalue weighted by molar-refractivity contribution is 0.0583. The number of ether oxygens (including phenoxy) is 2. The maximum Gasteiger partial charge on any atom is 0.339 e. The predicted molar refractivity (Wildman–Crippen MR) is 95.8 cm³/mol. The van der Waals surface area contributed by atoms with Gasteiger partial charge in [0.1, 0.15) is 4.90 Å². The molecular weight excluding hydrogens is 358 g/mol. The smallest absolute Gasteiger partial charge is 0.339 e. The molecule has 26 heavy (non-hydrogen) atoms. The molecule has 0 saturated heterocycles. The number of hydrogen-bond donors (Lipinski definition) is 1. The van der Waals surface area contributed by atoms with Crippen LogP contribution in [0.4, 0.5) is 5.69 Å². The lowest BCUT2D eigenvalue weighted by Gasteiger charge is -2.13. The van der Waals surface area contributed by atoms with Crippen molar-refractivity contribution in [2.75, 3.05) is 18.9 Å². The van der Waals surface area contributed by atoms with Crippen molar-refractivity contribution in [3.05, 3.63) is 58.7 Å². The maximum atomic E-state index is 12.8. The Hall–Kier alpha value is -2.87. The number of rotatable bonds is 5. The van der Waals surface area contributed by atoms with Gasteiger partial charge in [-0.2, -0.15) is 0 Å². The summed E-state index contributed by atoms with van der Waals surface area (Å²) in [5.41, 5.74) is 2.07. The number of aryl methyl sites for hydroxylation is 2. The number of hydrogen-bond acceptors (Lipinski definition) is 6. The van der Waals surface area contributed by atoms with E-state index in [9.17, 15) is 18.0 Å². The van der Waals surface area contributed by atoms with Gasteiger partial charge in [-0.15, -0.1) is 0 Å². The van der Waals surface area contributed by atoms with E-state index in [1.807, 2.05) is 13.8 Å². The Morgan fingerprint density at radius 1 is 0.885 bits per heavy atom. The van der Waals surface area contributed by atoms with Crippen LogP contribution in [-0.2, 0) is 19.5 Å². The van der Waals surface area contributed by atoms with Crippen LogP contribution in [0.3, 0.4) is 0 Å². The average molecular weight is 377 g/mol. The summed E-state index contributed by atoms with van der Waals surface area (Å²) in [7, 11) is -1.83. The first kappa shape index (κ1) is 19.5. The third-order valence-electron chi connectivity index (χ3n) is 3.86. The lowest BCUT2D eigenvalue weighted by atomic mass is 10.1. The fourth-order valence-corrected chi connectivity index (χ4v) is 3.55. The van der Waals surface area contributed by atoms with Crippen molar-refractivity contribution in [2.24, 2.45) is 0 Å². The molecule has 2 aromatic rings. The largest absolute Gasteiger partial charge is 0.465 e. The van der Waals surface area contributed by atoms with Gasteiger partial charge in [-0.3, -0.25) is 4.72 Å². The lowest BCUT2D eigenvalue weighted by Crippen LogP contribution is -2.19. The Bertz CT molecular complexity index is 966. The summed E-state index contributed by atoms with van der Waals surface area (Å²) in [5, 5.41) is 0. The van der Waals surface area contributed by atoms with E-state index in [1.54, 1.807) is 18.2 Å². The first-order valence-corrected chi connectivity index (χ1v) is 9.08. The van der Waals surface area contributed by atoms with Crippen LogP contribution >= 0.6 is 0 Å². The molecule has 0 radical (unpaired) electrons. The number of methoxy groups -OCH3 is 2. The second-order valence-corrected chi connectivity index (χ2v) is 7.25. The molecule has 8 heteroatoms. The van der Waals surface area contributed by atoms with E-state index in [4.69, 9.17) is 0 Å². The molecular formula is C18H19NO6S. The molecule has 0 fully saturated rings. The summed E-state index contributed by atoms with van der Waals surface area (Å²) in [4.78, 5) is 23.3. The molecule has 0 aliphatic heterocycles. The Morgan fingerprint density at radius 3 is 2.12 bits per heavy atom. The van der Waals surface area contributed by atoms with Gasteiger partial charge in [0.15, 0.2) is 0 Å². The van der Waals surface area contributed by atoms with E-state index < -0.39 is 22.0 Å². The second kappa shape index (κ2) is 7.57. The fourth-order valence-electron chi connectivity index (χ4n) is 2.28. The molecule has 0 heterocycles. The van der Waals surface area contributed by atoms with Crippen molar-refractivity contribution in [1.82, 2.24) is 0 Å². The van der Waals surface area contributed by atoms with Crippen LogP contribution in [0.5, 0.6) is 0 Å². The molecule has 138 valence electrons. The van der Waals surface area contributed by atoms with E-state index in [-0.39, 0.29) is 16.0 Å². The van der Waals surface area contributed by atoms with E-state index in [0.717, 1.165) is 24.3 Å². The third-order valence-corrected chi connectivity index (χ3v) is 5.28. The molecule has 0 aliphatic carbocycles. The quantitative estimate of drug-likeness (QED) is 0.805. The predicted octanol–water partition coefficient (Wildman–Crippen LogP) is 2.68. The van der Waals surface area contributed by atoms with E-state index in [2.05, 4.69) is 14.2 Å². The highest BCUT2D eigenvalue weighted by atomic mass is 32.2. The Balaban J connectivity index is 2.56. The van der Waals surface area contributed by atoms with E-state index in [1.165, 1.54) is 19.2 Å². The van der Waals surface area contributed by atoms with Gasteiger partial charge in [-0.1, -0.05) is 6.07 Å². The summed E-state index contributed by atoms with van der Waals surface area (Å²) in [6.07, 6.45) is 0. The van der Waals surface area contributed by atoms with Gasteiger partial charge in [0.2, 0.25) is 0 Å². The number of nitrogens with one attached hydrogen (secondary N) is 1. The SMILES string of the molecule is COC(=O)c1ccc(C(=O)OC)c(S(=O)(=O)Nc2ccc(C)c(C)c2)c1. The summed E-state index contributed by atoms with van der Waals surface area (Å²) in [5.74, 6) is -1.55. The van der Waals surface area contributed by atoms with Gasteiger partial charge in [-0.05, 0) is 55.3 Å². The van der Waals surface area contributed by atoms with Crippen LogP contribution in [0.1, 0.15) is 31.8 Å². The molecule has 2 aromatic carbocycles. The summed E-state index contributed by atoms with van der Waals surface area (Å²) < 4.78 is 37.3. The molecule has 1 N–H and O–H groups in total. The van der Waals surface area contributed by atoms with Crippen molar-refractivity contribution in [3.8, 4) is 0 Å². The van der Waals surface area contributed by atoms with Gasteiger partial charge in [0.05, 0.1) is 25.3 Å². The molecule has 0 saturated carbocycles. The van der Waals surface area contributed by atoms with Crippen molar-refractivity contribution < 1.29 is 27.5 Å². The van der Waals surface area contributed by atoms with Gasteiger partial charge in [0.25, 0.3) is 10.0 Å². The summed E-state index contributed by atoms with van der Waals surface area (Å²) >= 11 is 0. The van der Waals surface area contributed by atoms with Gasteiger partial charge < -0.3 is 9.47 Å². The minimum atomic E-state index is -4.15. The van der Waals surface area contributed by atoms with E-state index >= 15 is 0 Å². The second-order valence-electron chi connectivity index (χ2n) is 5.60. The molecule has 7 nitrogen and oxygen atoms in total. The first-order chi connectivity index (χ1) is 12.2. The van der Waals surface area contributed by atoms with Crippen molar-refractivity contribution >= 4 is 27.6 Å². The Morgan fingerprint density at radius 2 is 1.54 bits per heavy atom. The Labute approximate surface area is 152 Å². The van der Waals surface area contributed by atoms with Crippen LogP contribution in [0.2, 0.25) is 0 Å². The number of carbonyl (C=O) groups is 2. The third kappa shape index (κ3) is 4.02. The number of carbonyl (C=O) groups excluding carboxylic acids is 2. The van der Waals surface area contributed by atoms with Crippen LogP contribution < -0.4 is 4.72 Å². The number of sulfonamides is 1. The molecule has 0 bridgehead atoms. The number of esters is 2. The number of anilines is 1. The zero-order chi connectivity index (χ0) is 19.5. The highest BCUT2D eigenvalue weighted by Crippen LogP contribution is 2.23. The molecule has 0 amide bonds. The Kier molecular flexibility index (Phi) is 5.66. The molecule has 0 aliphatic rings. The van der Waals surface area contributed by atoms with Crippen LogP contribution in [0.25, 0.3) is 0 Å². The van der Waals surface area contributed by atoms with Crippen molar-refractivity contribution in [3.63, 3.8) is 0 Å². The fraction of sp³-hybridized carbons (Fsp3) is 0.222. The highest BCUT2D eigenvalue weighted by molar-refractivity contribution is 7.92. The zero-order valence-corrected chi connectivity index (χ0v) is 15.6. The normalized spacial score (nSPS) is 10.9. The standard InChI is InChI=1S/C18H19NO6S/c1-11-5-7-14(9-12(11)2)19-26(22,23)16-10-13(17(20)24-3)6-8-15(16)18(21)25-4/h5-10,19H,1-4H3. The zero-order valence-electron chi connectivity index (χ0n) is 14.8. The first-order valence-electron chi connectivity index (χ1n) is 7.60. The van der Waals surface area contributed by atoms with Crippen molar-refractivity contribution in [2.45, 2.75) is 18.7 Å². The van der Waals surface area contributed by atoms with Crippen LogP contribution in [0, 0.1) is 13.8 Å². The number of benzene rings is 2. The highest BCUT2D eigenvalue weighted by Gasteiger charge is 2.25. The summed E-state index contributed by atoms with van der Waals surface area (Å²) in [6.45, 7) is 3.76. The summed E-state index contributed by atoms with van der Waals surface area (Å²) in [6, 6.07) is 8.66. The molecule has 0 spiro atoms. The molecule has 0 atom stereocenters. The van der Waals surface area contributed by atoms with Crippen LogP contribution in [0.15, 0.2) is 41.3 Å².